The molecule has 0 saturated carbocycles. The Morgan fingerprint density at radius 1 is 0.829 bits per heavy atom. The molecule has 0 aliphatic carbocycles. The minimum atomic E-state index is -4.43. The van der Waals surface area contributed by atoms with E-state index in [1.807, 2.05) is 42.5 Å². The van der Waals surface area contributed by atoms with E-state index in [2.05, 4.69) is 0 Å². The second-order valence-electron chi connectivity index (χ2n) is 8.59. The fourth-order valence-electron chi connectivity index (χ4n) is 4.58. The number of hydrogen-bond donors (Lipinski definition) is 0. The molecule has 5 rings (SSSR count). The highest BCUT2D eigenvalue weighted by Gasteiger charge is 2.42. The maximum Gasteiger partial charge on any atom is 0.416 e. The second kappa shape index (κ2) is 9.06. The number of alkyl halides is 3. The highest BCUT2D eigenvalue weighted by molar-refractivity contribution is 5.86. The van der Waals surface area contributed by atoms with Crippen LogP contribution in [0, 0.1) is 5.82 Å². The lowest BCUT2D eigenvalue weighted by Crippen LogP contribution is -2.35. The third-order valence-corrected chi connectivity index (χ3v) is 6.36. The predicted molar refractivity (Wildman–Crippen MR) is 124 cm³/mol. The van der Waals surface area contributed by atoms with Gasteiger partial charge in [0, 0.05) is 0 Å². The summed E-state index contributed by atoms with van der Waals surface area (Å²) in [5, 5.41) is 2.04. The summed E-state index contributed by atoms with van der Waals surface area (Å²) in [5.74, 6) is -0.412. The van der Waals surface area contributed by atoms with Gasteiger partial charge in [-0.1, -0.05) is 66.7 Å². The summed E-state index contributed by atoms with van der Waals surface area (Å²) in [6, 6.07) is 23.8. The van der Waals surface area contributed by atoms with Crippen molar-refractivity contribution in [3.05, 3.63) is 119 Å². The van der Waals surface area contributed by atoms with E-state index in [-0.39, 0.29) is 13.0 Å². The Morgan fingerprint density at radius 2 is 1.51 bits per heavy atom. The summed E-state index contributed by atoms with van der Waals surface area (Å²) in [5.41, 5.74) is 1.45. The molecule has 1 amide bonds. The molecule has 4 aromatic rings. The smallest absolute Gasteiger partial charge is 0.416 e. The second-order valence-corrected chi connectivity index (χ2v) is 8.59. The molecule has 0 aromatic heterocycles. The van der Waals surface area contributed by atoms with E-state index in [1.54, 1.807) is 17.0 Å². The standard InChI is InChI=1S/C28H21F4NO2/c29-23-14-10-20(11-15-23)26-25(16-18-8-12-22(13-9-18)28(30,31)32)33(27(34)35-26)17-21-6-3-5-19-4-1-2-7-24(19)21/h1-15,25-26H,16-17H2. The van der Waals surface area contributed by atoms with Crippen molar-refractivity contribution in [2.75, 3.05) is 0 Å². The summed E-state index contributed by atoms with van der Waals surface area (Å²) in [6.45, 7) is 0.267. The Morgan fingerprint density at radius 3 is 2.23 bits per heavy atom. The number of nitrogens with zero attached hydrogens (tertiary/aromatic N) is 1. The normalized spacial score (nSPS) is 18.2. The van der Waals surface area contributed by atoms with Gasteiger partial charge in [0.05, 0.1) is 18.2 Å². The van der Waals surface area contributed by atoms with Gasteiger partial charge in [-0.15, -0.1) is 0 Å². The molecule has 7 heteroatoms. The van der Waals surface area contributed by atoms with E-state index >= 15 is 0 Å². The SMILES string of the molecule is O=C1OC(c2ccc(F)cc2)C(Cc2ccc(C(F)(F)F)cc2)N1Cc1cccc2ccccc12. The third-order valence-electron chi connectivity index (χ3n) is 6.36. The summed E-state index contributed by atoms with van der Waals surface area (Å²) in [6.07, 6.45) is -5.37. The van der Waals surface area contributed by atoms with E-state index in [9.17, 15) is 22.4 Å². The maximum atomic E-state index is 13.5. The molecule has 1 saturated heterocycles. The molecule has 1 aliphatic rings. The van der Waals surface area contributed by atoms with Gasteiger partial charge in [-0.2, -0.15) is 13.2 Å². The lowest BCUT2D eigenvalue weighted by atomic mass is 9.94. The first-order valence-corrected chi connectivity index (χ1v) is 11.1. The van der Waals surface area contributed by atoms with E-state index in [0.717, 1.165) is 28.5 Å². The Balaban J connectivity index is 1.50. The van der Waals surface area contributed by atoms with Crippen LogP contribution < -0.4 is 0 Å². The minimum Gasteiger partial charge on any atom is -0.439 e. The van der Waals surface area contributed by atoms with Gasteiger partial charge < -0.3 is 4.74 Å². The van der Waals surface area contributed by atoms with E-state index in [1.165, 1.54) is 24.3 Å². The highest BCUT2D eigenvalue weighted by atomic mass is 19.4. The van der Waals surface area contributed by atoms with Crippen LogP contribution in [-0.4, -0.2) is 17.0 Å². The molecule has 1 heterocycles. The van der Waals surface area contributed by atoms with Crippen LogP contribution in [0.4, 0.5) is 22.4 Å². The Bertz CT molecular complexity index is 1350. The number of benzene rings is 4. The number of cyclic esters (lactones) is 1. The molecule has 0 bridgehead atoms. The fraction of sp³-hybridized carbons (Fsp3) is 0.179. The van der Waals surface area contributed by atoms with Crippen LogP contribution >= 0.6 is 0 Å². The topological polar surface area (TPSA) is 29.5 Å². The fourth-order valence-corrected chi connectivity index (χ4v) is 4.58. The van der Waals surface area contributed by atoms with Crippen molar-refractivity contribution in [1.82, 2.24) is 4.90 Å². The van der Waals surface area contributed by atoms with Crippen LogP contribution in [0.25, 0.3) is 10.8 Å². The van der Waals surface area contributed by atoms with Crippen molar-refractivity contribution in [3.8, 4) is 0 Å². The van der Waals surface area contributed by atoms with Crippen LogP contribution in [0.2, 0.25) is 0 Å². The van der Waals surface area contributed by atoms with Gasteiger partial charge in [0.15, 0.2) is 0 Å². The summed E-state index contributed by atoms with van der Waals surface area (Å²) in [4.78, 5) is 14.6. The van der Waals surface area contributed by atoms with Crippen LogP contribution in [-0.2, 0) is 23.9 Å². The number of amides is 1. The zero-order chi connectivity index (χ0) is 24.6. The lowest BCUT2D eigenvalue weighted by molar-refractivity contribution is -0.137. The van der Waals surface area contributed by atoms with Crippen molar-refractivity contribution in [2.24, 2.45) is 0 Å². The molecular formula is C28H21F4NO2. The van der Waals surface area contributed by atoms with Gasteiger partial charge in [0.1, 0.15) is 11.9 Å². The third kappa shape index (κ3) is 4.71. The molecule has 1 aliphatic heterocycles. The maximum absolute atomic E-state index is 13.5. The van der Waals surface area contributed by atoms with E-state index in [0.29, 0.717) is 11.1 Å². The minimum absolute atomic E-state index is 0.267. The number of carbonyl (C=O) groups excluding carboxylic acids is 1. The Kier molecular flexibility index (Phi) is 5.93. The predicted octanol–water partition coefficient (Wildman–Crippen LogP) is 7.30. The highest BCUT2D eigenvalue weighted by Crippen LogP contribution is 2.37. The van der Waals surface area contributed by atoms with Crippen molar-refractivity contribution in [1.29, 1.82) is 0 Å². The number of rotatable bonds is 5. The average Bonchev–Trinajstić information content (AvgIpc) is 3.14. The van der Waals surface area contributed by atoms with Crippen molar-refractivity contribution in [2.45, 2.75) is 31.3 Å². The first-order chi connectivity index (χ1) is 16.8. The van der Waals surface area contributed by atoms with E-state index in [4.69, 9.17) is 4.74 Å². The first kappa shape index (κ1) is 22.9. The number of ether oxygens (including phenoxy) is 1. The first-order valence-electron chi connectivity index (χ1n) is 11.1. The molecule has 3 nitrogen and oxygen atoms in total. The van der Waals surface area contributed by atoms with Gasteiger partial charge in [-0.25, -0.2) is 9.18 Å². The number of fused-ring (bicyclic) bond motifs is 1. The van der Waals surface area contributed by atoms with Gasteiger partial charge in [0.2, 0.25) is 0 Å². The van der Waals surface area contributed by atoms with Crippen molar-refractivity contribution in [3.63, 3.8) is 0 Å². The molecule has 0 N–H and O–H groups in total. The largest absolute Gasteiger partial charge is 0.439 e. The number of halogens is 4. The van der Waals surface area contributed by atoms with Gasteiger partial charge in [-0.05, 0) is 58.1 Å². The molecule has 0 spiro atoms. The average molecular weight is 479 g/mol. The van der Waals surface area contributed by atoms with Crippen molar-refractivity contribution < 1.29 is 27.1 Å². The lowest BCUT2D eigenvalue weighted by Gasteiger charge is -2.26. The Labute approximate surface area is 199 Å². The van der Waals surface area contributed by atoms with Crippen LogP contribution in [0.15, 0.2) is 91.0 Å². The zero-order valence-electron chi connectivity index (χ0n) is 18.5. The summed E-state index contributed by atoms with van der Waals surface area (Å²) in [7, 11) is 0. The van der Waals surface area contributed by atoms with E-state index < -0.39 is 35.8 Å². The zero-order valence-corrected chi connectivity index (χ0v) is 18.5. The monoisotopic (exact) mass is 479 g/mol. The van der Waals surface area contributed by atoms with Gasteiger partial charge >= 0.3 is 12.3 Å². The molecular weight excluding hydrogens is 458 g/mol. The van der Waals surface area contributed by atoms with Crippen LogP contribution in [0.3, 0.4) is 0 Å². The number of hydrogen-bond acceptors (Lipinski definition) is 2. The Hall–Kier alpha value is -3.87. The summed E-state index contributed by atoms with van der Waals surface area (Å²) < 4.78 is 58.3. The summed E-state index contributed by atoms with van der Waals surface area (Å²) >= 11 is 0. The van der Waals surface area contributed by atoms with Crippen molar-refractivity contribution >= 4 is 16.9 Å². The molecule has 0 radical (unpaired) electrons. The van der Waals surface area contributed by atoms with Gasteiger partial charge in [0.25, 0.3) is 0 Å². The van der Waals surface area contributed by atoms with Gasteiger partial charge in [-0.3, -0.25) is 4.90 Å². The van der Waals surface area contributed by atoms with Crippen LogP contribution in [0.5, 0.6) is 0 Å². The molecule has 178 valence electrons. The van der Waals surface area contributed by atoms with Crippen LogP contribution in [0.1, 0.15) is 28.4 Å². The molecule has 4 aromatic carbocycles. The molecule has 2 atom stereocenters. The quantitative estimate of drug-likeness (QED) is 0.281. The number of carbonyl (C=O) groups is 1. The molecule has 1 fully saturated rings. The molecule has 2 unspecified atom stereocenters. The molecule has 35 heavy (non-hydrogen) atoms.